The van der Waals surface area contributed by atoms with E-state index in [1.165, 1.54) is 30.5 Å². The van der Waals surface area contributed by atoms with Crippen LogP contribution in [0.25, 0.3) is 0 Å². The fourth-order valence-corrected chi connectivity index (χ4v) is 2.92. The molecule has 16 heavy (non-hydrogen) atoms. The van der Waals surface area contributed by atoms with Gasteiger partial charge in [0.2, 0.25) is 0 Å². The van der Waals surface area contributed by atoms with Crippen LogP contribution in [0.4, 0.5) is 0 Å². The maximum atomic E-state index is 4.24. The number of alkyl halides is 1. The molecule has 0 spiro atoms. The summed E-state index contributed by atoms with van der Waals surface area (Å²) in [6, 6.07) is 0.617. The Labute approximate surface area is 104 Å². The van der Waals surface area contributed by atoms with E-state index >= 15 is 0 Å². The number of aromatic nitrogens is 4. The average Bonchev–Trinajstić information content (AvgIpc) is 2.56. The second-order valence-corrected chi connectivity index (χ2v) is 4.97. The summed E-state index contributed by atoms with van der Waals surface area (Å²) in [6.45, 7) is 1.97. The molecule has 1 aromatic rings. The summed E-state index contributed by atoms with van der Waals surface area (Å²) < 4.78 is 0. The van der Waals surface area contributed by atoms with Crippen molar-refractivity contribution in [2.45, 2.75) is 38.3 Å². The van der Waals surface area contributed by atoms with Gasteiger partial charge in [-0.25, -0.2) is 0 Å². The number of tetrazole rings is 1. The molecule has 1 aromatic heterocycles. The second-order valence-electron chi connectivity index (χ2n) is 4.32. The molecule has 5 nitrogen and oxygen atoms in total. The highest BCUT2D eigenvalue weighted by Gasteiger charge is 2.21. The normalized spacial score (nSPS) is 23.2. The van der Waals surface area contributed by atoms with Crippen LogP contribution in [-0.2, 0) is 13.6 Å². The Balaban J connectivity index is 1.99. The van der Waals surface area contributed by atoms with E-state index in [1.807, 2.05) is 0 Å². The van der Waals surface area contributed by atoms with Crippen LogP contribution in [0.2, 0.25) is 0 Å². The molecular weight excluding hydrogens is 270 g/mol. The lowest BCUT2D eigenvalue weighted by Crippen LogP contribution is -2.35. The molecule has 0 bridgehead atoms. The average molecular weight is 288 g/mol. The van der Waals surface area contributed by atoms with Crippen molar-refractivity contribution in [3.8, 4) is 0 Å². The summed E-state index contributed by atoms with van der Waals surface area (Å²) >= 11 is 3.60. The van der Waals surface area contributed by atoms with Crippen LogP contribution in [0.15, 0.2) is 0 Å². The van der Waals surface area contributed by atoms with Crippen molar-refractivity contribution >= 4 is 15.9 Å². The van der Waals surface area contributed by atoms with Gasteiger partial charge in [0.05, 0.1) is 13.6 Å². The van der Waals surface area contributed by atoms with Crippen LogP contribution in [0.5, 0.6) is 0 Å². The van der Waals surface area contributed by atoms with Gasteiger partial charge in [0.15, 0.2) is 5.82 Å². The molecule has 1 saturated heterocycles. The van der Waals surface area contributed by atoms with E-state index in [0.29, 0.717) is 6.04 Å². The quantitative estimate of drug-likeness (QED) is 0.788. The highest BCUT2D eigenvalue weighted by Crippen LogP contribution is 2.19. The Morgan fingerprint density at radius 3 is 2.94 bits per heavy atom. The number of halogens is 1. The number of hydrogen-bond acceptors (Lipinski definition) is 4. The molecule has 1 fully saturated rings. The van der Waals surface area contributed by atoms with Crippen LogP contribution in [0.3, 0.4) is 0 Å². The molecule has 0 saturated carbocycles. The summed E-state index contributed by atoms with van der Waals surface area (Å²) in [6.07, 6.45) is 5.23. The van der Waals surface area contributed by atoms with E-state index < -0.39 is 0 Å². The zero-order valence-electron chi connectivity index (χ0n) is 9.64. The highest BCUT2D eigenvalue weighted by atomic mass is 79.9. The molecule has 1 atom stereocenters. The summed E-state index contributed by atoms with van der Waals surface area (Å²) in [4.78, 5) is 4.00. The fraction of sp³-hybridized carbons (Fsp3) is 0.900. The van der Waals surface area contributed by atoms with Gasteiger partial charge >= 0.3 is 0 Å². The zero-order valence-corrected chi connectivity index (χ0v) is 11.2. The smallest absolute Gasteiger partial charge is 0.188 e. The van der Waals surface area contributed by atoms with Gasteiger partial charge < -0.3 is 0 Å². The van der Waals surface area contributed by atoms with Gasteiger partial charge in [-0.1, -0.05) is 28.8 Å². The van der Waals surface area contributed by atoms with Gasteiger partial charge in [0.25, 0.3) is 0 Å². The molecule has 90 valence electrons. The van der Waals surface area contributed by atoms with Crippen LogP contribution >= 0.6 is 15.9 Å². The largest absolute Gasteiger partial charge is 0.292 e. The lowest BCUT2D eigenvalue weighted by molar-refractivity contribution is 0.204. The van der Waals surface area contributed by atoms with Crippen molar-refractivity contribution in [1.29, 1.82) is 0 Å². The first-order chi connectivity index (χ1) is 7.79. The standard InChI is InChI=1S/C10H18BrN5/c1-15-13-10(12-14-15)8-16-6-4-2-3-5-9(16)7-11/h9H,2-8H2,1H3. The Morgan fingerprint density at radius 1 is 1.38 bits per heavy atom. The van der Waals surface area contributed by atoms with Gasteiger partial charge in [-0.05, 0) is 24.6 Å². The van der Waals surface area contributed by atoms with Crippen molar-refractivity contribution in [2.24, 2.45) is 7.05 Å². The molecular formula is C10H18BrN5. The van der Waals surface area contributed by atoms with Crippen molar-refractivity contribution in [2.75, 3.05) is 11.9 Å². The number of rotatable bonds is 3. The first-order valence-corrected chi connectivity index (χ1v) is 6.94. The zero-order chi connectivity index (χ0) is 11.4. The SMILES string of the molecule is Cn1nnc(CN2CCCCCC2CBr)n1. The Bertz CT molecular complexity index is 327. The van der Waals surface area contributed by atoms with E-state index in [4.69, 9.17) is 0 Å². The van der Waals surface area contributed by atoms with Gasteiger partial charge in [0, 0.05) is 11.4 Å². The first-order valence-electron chi connectivity index (χ1n) is 5.82. The van der Waals surface area contributed by atoms with Crippen LogP contribution in [-0.4, -0.2) is 43.0 Å². The molecule has 0 radical (unpaired) electrons. The maximum absolute atomic E-state index is 4.24. The molecule has 6 heteroatoms. The third-order valence-corrected chi connectivity index (χ3v) is 3.82. The third kappa shape index (κ3) is 3.01. The summed E-state index contributed by atoms with van der Waals surface area (Å²) in [5.74, 6) is 0.829. The summed E-state index contributed by atoms with van der Waals surface area (Å²) in [5.41, 5.74) is 0. The fourth-order valence-electron chi connectivity index (χ4n) is 2.19. The molecule has 0 aliphatic carbocycles. The second kappa shape index (κ2) is 5.72. The molecule has 0 aromatic carbocycles. The molecule has 1 aliphatic rings. The minimum atomic E-state index is 0.617. The number of hydrogen-bond donors (Lipinski definition) is 0. The molecule has 1 aliphatic heterocycles. The molecule has 0 N–H and O–H groups in total. The lowest BCUT2D eigenvalue weighted by Gasteiger charge is -2.26. The third-order valence-electron chi connectivity index (χ3n) is 3.07. The van der Waals surface area contributed by atoms with Gasteiger partial charge in [-0.2, -0.15) is 4.80 Å². The topological polar surface area (TPSA) is 46.8 Å². The Kier molecular flexibility index (Phi) is 4.29. The van der Waals surface area contributed by atoms with Crippen molar-refractivity contribution < 1.29 is 0 Å². The number of aryl methyl sites for hydroxylation is 1. The molecule has 1 unspecified atom stereocenters. The summed E-state index contributed by atoms with van der Waals surface area (Å²) in [7, 11) is 1.81. The van der Waals surface area contributed by atoms with Crippen molar-refractivity contribution in [3.63, 3.8) is 0 Å². The van der Waals surface area contributed by atoms with Gasteiger partial charge in [-0.3, -0.25) is 4.90 Å². The molecule has 0 amide bonds. The highest BCUT2D eigenvalue weighted by molar-refractivity contribution is 9.09. The Hall–Kier alpha value is -0.490. The van der Waals surface area contributed by atoms with Crippen LogP contribution < -0.4 is 0 Å². The van der Waals surface area contributed by atoms with E-state index in [-0.39, 0.29) is 0 Å². The predicted octanol–water partition coefficient (Wildman–Crippen LogP) is 1.35. The maximum Gasteiger partial charge on any atom is 0.188 e. The van der Waals surface area contributed by atoms with Crippen molar-refractivity contribution in [1.82, 2.24) is 25.1 Å². The van der Waals surface area contributed by atoms with Crippen molar-refractivity contribution in [3.05, 3.63) is 5.82 Å². The Morgan fingerprint density at radius 2 is 2.25 bits per heavy atom. The summed E-state index contributed by atoms with van der Waals surface area (Å²) in [5, 5.41) is 13.2. The minimum Gasteiger partial charge on any atom is -0.292 e. The minimum absolute atomic E-state index is 0.617. The van der Waals surface area contributed by atoms with Gasteiger partial charge in [-0.15, -0.1) is 10.2 Å². The van der Waals surface area contributed by atoms with E-state index in [9.17, 15) is 0 Å². The van der Waals surface area contributed by atoms with E-state index in [2.05, 4.69) is 36.2 Å². The van der Waals surface area contributed by atoms with E-state index in [0.717, 1.165) is 24.2 Å². The number of nitrogens with zero attached hydrogens (tertiary/aromatic N) is 5. The number of likely N-dealkylation sites (tertiary alicyclic amines) is 1. The monoisotopic (exact) mass is 287 g/mol. The predicted molar refractivity (Wildman–Crippen MR) is 65.3 cm³/mol. The van der Waals surface area contributed by atoms with Crippen LogP contribution in [0.1, 0.15) is 31.5 Å². The first kappa shape index (κ1) is 12.0. The van der Waals surface area contributed by atoms with Crippen LogP contribution in [0, 0.1) is 0 Å². The molecule has 2 heterocycles. The van der Waals surface area contributed by atoms with E-state index in [1.54, 1.807) is 7.05 Å². The lowest BCUT2D eigenvalue weighted by atomic mass is 10.1. The molecule has 2 rings (SSSR count). The van der Waals surface area contributed by atoms with Gasteiger partial charge in [0.1, 0.15) is 0 Å².